The normalized spacial score (nSPS) is 17.5. The summed E-state index contributed by atoms with van der Waals surface area (Å²) in [4.78, 5) is 11.0. The van der Waals surface area contributed by atoms with Crippen molar-refractivity contribution in [2.45, 2.75) is 50.6 Å². The van der Waals surface area contributed by atoms with E-state index in [1.165, 1.54) is 12.8 Å². The molecule has 0 amide bonds. The summed E-state index contributed by atoms with van der Waals surface area (Å²) in [6.45, 7) is 0. The van der Waals surface area contributed by atoms with Gasteiger partial charge in [-0.15, -0.1) is 0 Å². The van der Waals surface area contributed by atoms with Gasteiger partial charge >= 0.3 is 5.97 Å². The third-order valence-corrected chi connectivity index (χ3v) is 3.89. The van der Waals surface area contributed by atoms with Gasteiger partial charge in [0.2, 0.25) is 0 Å². The topological polar surface area (TPSA) is 49.3 Å². The molecule has 4 heteroatoms. The monoisotopic (exact) mass is 281 g/mol. The third-order valence-electron chi connectivity index (χ3n) is 3.64. The molecule has 1 aromatic rings. The number of carbonyl (C=O) groups is 1. The van der Waals surface area contributed by atoms with Crippen molar-refractivity contribution in [2.75, 3.05) is 0 Å². The molecule has 0 aromatic heterocycles. The summed E-state index contributed by atoms with van der Waals surface area (Å²) in [5.41, 5.74) is 1.13. The zero-order chi connectivity index (χ0) is 13.7. The van der Waals surface area contributed by atoms with Gasteiger partial charge < -0.3 is 10.4 Å². The minimum Gasteiger partial charge on any atom is -0.481 e. The maximum absolute atomic E-state index is 11.0. The highest BCUT2D eigenvalue weighted by Crippen LogP contribution is 2.20. The molecule has 0 spiro atoms. The van der Waals surface area contributed by atoms with Gasteiger partial charge in [-0.25, -0.2) is 0 Å². The molecule has 1 aliphatic rings. The number of benzene rings is 1. The summed E-state index contributed by atoms with van der Waals surface area (Å²) in [7, 11) is 0. The number of hydrogen-bond donors (Lipinski definition) is 2. The van der Waals surface area contributed by atoms with Gasteiger partial charge in [0.25, 0.3) is 0 Å². The molecule has 0 heterocycles. The van der Waals surface area contributed by atoms with Crippen LogP contribution in [0.5, 0.6) is 0 Å². The SMILES string of the molecule is O=C(O)CC(Cc1ccc(Cl)cc1)NC1CCCC1. The van der Waals surface area contributed by atoms with Crippen molar-refractivity contribution in [3.63, 3.8) is 0 Å². The molecule has 1 unspecified atom stereocenters. The van der Waals surface area contributed by atoms with Crippen molar-refractivity contribution in [3.05, 3.63) is 34.9 Å². The Bertz CT molecular complexity index is 413. The Morgan fingerprint density at radius 1 is 1.32 bits per heavy atom. The molecule has 2 rings (SSSR count). The van der Waals surface area contributed by atoms with E-state index in [9.17, 15) is 4.79 Å². The van der Waals surface area contributed by atoms with E-state index in [0.29, 0.717) is 11.1 Å². The fraction of sp³-hybridized carbons (Fsp3) is 0.533. The molecule has 0 saturated heterocycles. The minimum atomic E-state index is -0.746. The molecule has 0 bridgehead atoms. The lowest BCUT2D eigenvalue weighted by molar-refractivity contribution is -0.137. The second-order valence-electron chi connectivity index (χ2n) is 5.27. The molecule has 3 nitrogen and oxygen atoms in total. The van der Waals surface area contributed by atoms with Crippen LogP contribution in [0, 0.1) is 0 Å². The molecule has 0 radical (unpaired) electrons. The molecule has 1 saturated carbocycles. The second-order valence-corrected chi connectivity index (χ2v) is 5.71. The lowest BCUT2D eigenvalue weighted by Gasteiger charge is -2.21. The average molecular weight is 282 g/mol. The number of aliphatic carboxylic acids is 1. The van der Waals surface area contributed by atoms with Gasteiger partial charge in [0.1, 0.15) is 0 Å². The molecular weight excluding hydrogens is 262 g/mol. The molecule has 2 N–H and O–H groups in total. The van der Waals surface area contributed by atoms with E-state index in [2.05, 4.69) is 5.32 Å². The van der Waals surface area contributed by atoms with Crippen LogP contribution in [0.3, 0.4) is 0 Å². The number of halogens is 1. The standard InChI is InChI=1S/C15H20ClNO2/c16-12-7-5-11(6-8-12)9-14(10-15(18)19)17-13-3-1-2-4-13/h5-8,13-14,17H,1-4,9-10H2,(H,18,19). The predicted octanol–water partition coefficient (Wildman–Crippen LogP) is 3.26. The van der Waals surface area contributed by atoms with Crippen LogP contribution in [0.4, 0.5) is 0 Å². The maximum Gasteiger partial charge on any atom is 0.304 e. The van der Waals surface area contributed by atoms with Gasteiger partial charge in [0, 0.05) is 17.1 Å². The molecule has 104 valence electrons. The van der Waals surface area contributed by atoms with E-state index in [4.69, 9.17) is 16.7 Å². The first kappa shape index (κ1) is 14.4. The largest absolute Gasteiger partial charge is 0.481 e. The Kier molecular flexibility index (Phi) is 5.23. The van der Waals surface area contributed by atoms with Crippen LogP contribution < -0.4 is 5.32 Å². The lowest BCUT2D eigenvalue weighted by atomic mass is 10.0. The van der Waals surface area contributed by atoms with E-state index in [-0.39, 0.29) is 12.5 Å². The Hall–Kier alpha value is -1.06. The number of carboxylic acids is 1. The van der Waals surface area contributed by atoms with Crippen molar-refractivity contribution in [3.8, 4) is 0 Å². The molecule has 19 heavy (non-hydrogen) atoms. The van der Waals surface area contributed by atoms with Gasteiger partial charge in [-0.3, -0.25) is 4.79 Å². The van der Waals surface area contributed by atoms with Crippen LogP contribution in [0.1, 0.15) is 37.7 Å². The molecule has 1 atom stereocenters. The average Bonchev–Trinajstić information content (AvgIpc) is 2.84. The summed E-state index contributed by atoms with van der Waals surface area (Å²) in [5.74, 6) is -0.746. The van der Waals surface area contributed by atoms with Gasteiger partial charge in [0.05, 0.1) is 6.42 Å². The Balaban J connectivity index is 1.95. The fourth-order valence-electron chi connectivity index (χ4n) is 2.73. The van der Waals surface area contributed by atoms with Crippen LogP contribution in [-0.2, 0) is 11.2 Å². The van der Waals surface area contributed by atoms with Crippen molar-refractivity contribution in [1.82, 2.24) is 5.32 Å². The molecule has 1 fully saturated rings. The van der Waals surface area contributed by atoms with Gasteiger partial charge in [0.15, 0.2) is 0 Å². The lowest BCUT2D eigenvalue weighted by Crippen LogP contribution is -2.39. The van der Waals surface area contributed by atoms with Crippen molar-refractivity contribution in [2.24, 2.45) is 0 Å². The van der Waals surface area contributed by atoms with Crippen molar-refractivity contribution < 1.29 is 9.90 Å². The molecular formula is C15H20ClNO2. The minimum absolute atomic E-state index is 0.00164. The van der Waals surface area contributed by atoms with E-state index in [1.54, 1.807) is 0 Å². The predicted molar refractivity (Wildman–Crippen MR) is 76.6 cm³/mol. The summed E-state index contributed by atoms with van der Waals surface area (Å²) in [5, 5.41) is 13.2. The maximum atomic E-state index is 11.0. The fourth-order valence-corrected chi connectivity index (χ4v) is 2.86. The molecule has 1 aromatic carbocycles. The van der Waals surface area contributed by atoms with Crippen molar-refractivity contribution in [1.29, 1.82) is 0 Å². The van der Waals surface area contributed by atoms with Crippen LogP contribution in [0.25, 0.3) is 0 Å². The second kappa shape index (κ2) is 6.92. The van der Waals surface area contributed by atoms with E-state index in [0.717, 1.165) is 24.8 Å². The zero-order valence-electron chi connectivity index (χ0n) is 10.9. The number of carboxylic acid groups (broad SMARTS) is 1. The molecule has 0 aliphatic heterocycles. The summed E-state index contributed by atoms with van der Waals surface area (Å²) >= 11 is 5.86. The van der Waals surface area contributed by atoms with Crippen LogP contribution in [0.2, 0.25) is 5.02 Å². The number of rotatable bonds is 6. The van der Waals surface area contributed by atoms with Crippen molar-refractivity contribution >= 4 is 17.6 Å². The number of hydrogen-bond acceptors (Lipinski definition) is 2. The number of nitrogens with one attached hydrogen (secondary N) is 1. The summed E-state index contributed by atoms with van der Waals surface area (Å²) < 4.78 is 0. The van der Waals surface area contributed by atoms with E-state index < -0.39 is 5.97 Å². The van der Waals surface area contributed by atoms with Gasteiger partial charge in [-0.2, -0.15) is 0 Å². The van der Waals surface area contributed by atoms with Gasteiger partial charge in [-0.1, -0.05) is 36.6 Å². The Morgan fingerprint density at radius 3 is 2.53 bits per heavy atom. The Labute approximate surface area is 119 Å². The summed E-state index contributed by atoms with van der Waals surface area (Å²) in [6.07, 6.45) is 5.73. The van der Waals surface area contributed by atoms with E-state index in [1.807, 2.05) is 24.3 Å². The smallest absolute Gasteiger partial charge is 0.304 e. The highest BCUT2D eigenvalue weighted by molar-refractivity contribution is 6.30. The van der Waals surface area contributed by atoms with Crippen LogP contribution in [0.15, 0.2) is 24.3 Å². The van der Waals surface area contributed by atoms with Crippen LogP contribution >= 0.6 is 11.6 Å². The first-order valence-electron chi connectivity index (χ1n) is 6.86. The first-order valence-corrected chi connectivity index (χ1v) is 7.23. The highest BCUT2D eigenvalue weighted by Gasteiger charge is 2.21. The van der Waals surface area contributed by atoms with Crippen LogP contribution in [-0.4, -0.2) is 23.2 Å². The zero-order valence-corrected chi connectivity index (χ0v) is 11.7. The van der Waals surface area contributed by atoms with Gasteiger partial charge in [-0.05, 0) is 37.0 Å². The quantitative estimate of drug-likeness (QED) is 0.841. The summed E-state index contributed by atoms with van der Waals surface area (Å²) in [6, 6.07) is 8.12. The van der Waals surface area contributed by atoms with E-state index >= 15 is 0 Å². The molecule has 1 aliphatic carbocycles. The highest BCUT2D eigenvalue weighted by atomic mass is 35.5. The third kappa shape index (κ3) is 4.84. The first-order chi connectivity index (χ1) is 9.13. The Morgan fingerprint density at radius 2 is 1.95 bits per heavy atom.